The molecule has 15 nitrogen and oxygen atoms in total. The predicted octanol–water partition coefficient (Wildman–Crippen LogP) is 3.87. The van der Waals surface area contributed by atoms with E-state index in [2.05, 4.69) is 56.3 Å². The number of aromatic nitrogens is 1. The minimum absolute atomic E-state index is 0.00343. The van der Waals surface area contributed by atoms with Gasteiger partial charge < -0.3 is 40.4 Å². The second-order valence-corrected chi connectivity index (χ2v) is 14.9. The number of fused-ring (bicyclic) bond motifs is 2. The number of H-pyrrole nitrogens is 1. The maximum absolute atomic E-state index is 13.1. The molecule has 4 aromatic rings. The quantitative estimate of drug-likeness (QED) is 0.0395. The fraction of sp³-hybridized carbons (Fsp3) is 0.319. The smallest absolute Gasteiger partial charge is 0.296 e. The molecule has 1 saturated heterocycles. The lowest BCUT2D eigenvalue weighted by molar-refractivity contribution is -0.137. The van der Waals surface area contributed by atoms with Gasteiger partial charge in [0, 0.05) is 71.8 Å². The first kappa shape index (κ1) is 43.2. The van der Waals surface area contributed by atoms with Gasteiger partial charge in [-0.15, -0.1) is 0 Å². The Bertz CT molecular complexity index is 2500. The fourth-order valence-corrected chi connectivity index (χ4v) is 7.54. The summed E-state index contributed by atoms with van der Waals surface area (Å²) in [5.74, 6) is 3.73. The molecule has 1 fully saturated rings. The molecule has 2 unspecified atom stereocenters. The van der Waals surface area contributed by atoms with Crippen molar-refractivity contribution in [1.82, 2.24) is 25.8 Å². The summed E-state index contributed by atoms with van der Waals surface area (Å²) in [6, 6.07) is 19.5. The van der Waals surface area contributed by atoms with Gasteiger partial charge >= 0.3 is 0 Å². The normalized spacial score (nSPS) is 17.3. The first-order chi connectivity index (χ1) is 30.2. The lowest BCUT2D eigenvalue weighted by atomic mass is 9.98. The van der Waals surface area contributed by atoms with E-state index in [1.54, 1.807) is 18.2 Å². The van der Waals surface area contributed by atoms with Gasteiger partial charge in [-0.2, -0.15) is 0 Å². The van der Waals surface area contributed by atoms with Crippen LogP contribution < -0.4 is 21.3 Å². The summed E-state index contributed by atoms with van der Waals surface area (Å²) in [5.41, 5.74) is 6.19. The summed E-state index contributed by atoms with van der Waals surface area (Å²) in [6.07, 6.45) is 7.53. The predicted molar refractivity (Wildman–Crippen MR) is 233 cm³/mol. The second-order valence-electron chi connectivity index (χ2n) is 14.9. The molecule has 0 spiro atoms. The Morgan fingerprint density at radius 2 is 1.82 bits per heavy atom. The highest BCUT2D eigenvalue weighted by Crippen LogP contribution is 2.33. The lowest BCUT2D eigenvalue weighted by Gasteiger charge is -2.29. The average molecular weight is 840 g/mol. The van der Waals surface area contributed by atoms with Gasteiger partial charge in [0.25, 0.3) is 11.8 Å². The number of carbonyl (C=O) groups is 5. The average Bonchev–Trinajstić information content (AvgIpc) is 3.78. The SMILES string of the molecule is CCNC(=O)C#Cc1ccc2c(C(=NC3C=CC(CNCCOCCOCCC(=O)Nc4cccc5c4CN(C4CCC(=O)NC4=O)C5=O)=CC3)c3ccccc3)c(O)[nH]c2c1. The van der Waals surface area contributed by atoms with Crippen LogP contribution in [-0.2, 0) is 35.2 Å². The van der Waals surface area contributed by atoms with Crippen LogP contribution in [0.2, 0.25) is 0 Å². The largest absolute Gasteiger partial charge is 0.494 e. The third-order valence-corrected chi connectivity index (χ3v) is 10.6. The molecule has 6 N–H and O–H groups in total. The van der Waals surface area contributed by atoms with Crippen molar-refractivity contribution in [2.45, 2.75) is 51.2 Å². The number of nitrogens with one attached hydrogen (secondary N) is 5. The number of nitrogens with zero attached hydrogens (tertiary/aromatic N) is 2. The number of carbonyl (C=O) groups excluding carboxylic acids is 5. The van der Waals surface area contributed by atoms with E-state index in [0.717, 1.165) is 16.5 Å². The molecule has 0 bridgehead atoms. The molecule has 0 radical (unpaired) electrons. The van der Waals surface area contributed by atoms with Crippen molar-refractivity contribution in [3.8, 4) is 17.7 Å². The number of hydrogen-bond acceptors (Lipinski definition) is 10. The van der Waals surface area contributed by atoms with Crippen molar-refractivity contribution in [2.75, 3.05) is 51.4 Å². The van der Waals surface area contributed by atoms with Crippen molar-refractivity contribution < 1.29 is 38.6 Å². The Balaban J connectivity index is 0.812. The third kappa shape index (κ3) is 10.7. The molecule has 15 heteroatoms. The number of piperidine rings is 1. The zero-order valence-electron chi connectivity index (χ0n) is 34.4. The van der Waals surface area contributed by atoms with Crippen LogP contribution in [0.5, 0.6) is 5.88 Å². The van der Waals surface area contributed by atoms with E-state index in [4.69, 9.17) is 14.5 Å². The van der Waals surface area contributed by atoms with E-state index in [-0.39, 0.29) is 68.0 Å². The Labute approximate surface area is 359 Å². The topological polar surface area (TPSA) is 204 Å². The van der Waals surface area contributed by atoms with Crippen LogP contribution in [-0.4, -0.2) is 108 Å². The minimum atomic E-state index is -0.729. The van der Waals surface area contributed by atoms with Crippen LogP contribution in [0.4, 0.5) is 5.69 Å². The number of anilines is 1. The van der Waals surface area contributed by atoms with Gasteiger partial charge in [0.05, 0.1) is 55.7 Å². The van der Waals surface area contributed by atoms with E-state index in [9.17, 15) is 29.1 Å². The van der Waals surface area contributed by atoms with Crippen LogP contribution in [0.1, 0.15) is 65.2 Å². The van der Waals surface area contributed by atoms with Gasteiger partial charge in [-0.05, 0) is 49.6 Å². The van der Waals surface area contributed by atoms with Gasteiger partial charge in [-0.3, -0.25) is 34.3 Å². The Hall–Kier alpha value is -6.86. The van der Waals surface area contributed by atoms with Crippen LogP contribution >= 0.6 is 0 Å². The third-order valence-electron chi connectivity index (χ3n) is 10.6. The van der Waals surface area contributed by atoms with E-state index in [1.165, 1.54) is 4.90 Å². The molecule has 2 atom stereocenters. The summed E-state index contributed by atoms with van der Waals surface area (Å²) >= 11 is 0. The molecule has 3 aromatic carbocycles. The summed E-state index contributed by atoms with van der Waals surface area (Å²) in [7, 11) is 0. The monoisotopic (exact) mass is 839 g/mol. The van der Waals surface area contributed by atoms with Crippen molar-refractivity contribution in [1.29, 1.82) is 0 Å². The molecule has 3 heterocycles. The molecule has 5 amide bonds. The zero-order chi connectivity index (χ0) is 43.4. The van der Waals surface area contributed by atoms with Crippen LogP contribution in [0.3, 0.4) is 0 Å². The molecular weight excluding hydrogens is 791 g/mol. The Morgan fingerprint density at radius 1 is 1.00 bits per heavy atom. The number of aromatic hydroxyl groups is 1. The van der Waals surface area contributed by atoms with E-state index >= 15 is 0 Å². The highest BCUT2D eigenvalue weighted by molar-refractivity contribution is 6.21. The van der Waals surface area contributed by atoms with Crippen molar-refractivity contribution in [3.05, 3.63) is 118 Å². The van der Waals surface area contributed by atoms with Gasteiger partial charge in [0.15, 0.2) is 5.88 Å². The molecule has 1 aromatic heterocycles. The molecule has 62 heavy (non-hydrogen) atoms. The number of benzene rings is 3. The van der Waals surface area contributed by atoms with E-state index < -0.39 is 11.9 Å². The maximum atomic E-state index is 13.1. The molecule has 2 aliphatic heterocycles. The number of hydrogen-bond donors (Lipinski definition) is 6. The molecule has 1 aliphatic carbocycles. The van der Waals surface area contributed by atoms with Crippen molar-refractivity contribution >= 4 is 51.8 Å². The van der Waals surface area contributed by atoms with Crippen LogP contribution in [0, 0.1) is 11.8 Å². The number of aliphatic imine (C=N–C) groups is 1. The second kappa shape index (κ2) is 20.6. The number of aromatic amines is 1. The number of amides is 5. The molecule has 0 saturated carbocycles. The highest BCUT2D eigenvalue weighted by atomic mass is 16.5. The first-order valence-electron chi connectivity index (χ1n) is 20.8. The summed E-state index contributed by atoms with van der Waals surface area (Å²) in [5, 5.41) is 23.2. The summed E-state index contributed by atoms with van der Waals surface area (Å²) in [4.78, 5) is 71.2. The maximum Gasteiger partial charge on any atom is 0.296 e. The lowest BCUT2D eigenvalue weighted by Crippen LogP contribution is -2.52. The minimum Gasteiger partial charge on any atom is -0.494 e. The molecule has 7 rings (SSSR count). The van der Waals surface area contributed by atoms with E-state index in [1.807, 2.05) is 55.5 Å². The van der Waals surface area contributed by atoms with Gasteiger partial charge in [-0.25, -0.2) is 0 Å². The Kier molecular flexibility index (Phi) is 14.4. The zero-order valence-corrected chi connectivity index (χ0v) is 34.4. The highest BCUT2D eigenvalue weighted by Gasteiger charge is 2.40. The standard InChI is InChI=1S/C47H49N7O8/c1-2-49-40(55)19-14-30-13-17-35-38(27-30)52-46(59)43(35)44(32-7-4-3-5-8-32)50-33-15-11-31(12-16-33)28-48-22-24-62-26-25-61-23-21-42(57)51-37-10-6-9-34-36(37)29-54(47(34)60)39-18-20-41(56)53-45(39)58/h3-13,15,17,27,33,39,48,52,59H,2,16,18,20-26,28-29H2,1H3,(H,49,55)(H,51,57)(H,53,56,58). The van der Waals surface area contributed by atoms with Crippen molar-refractivity contribution in [2.24, 2.45) is 4.99 Å². The molecule has 320 valence electrons. The summed E-state index contributed by atoms with van der Waals surface area (Å²) in [6.45, 7) is 5.19. The van der Waals surface area contributed by atoms with Crippen LogP contribution in [0.25, 0.3) is 10.9 Å². The van der Waals surface area contributed by atoms with Gasteiger partial charge in [-0.1, -0.05) is 66.6 Å². The fourth-order valence-electron chi connectivity index (χ4n) is 7.54. The summed E-state index contributed by atoms with van der Waals surface area (Å²) < 4.78 is 11.3. The molecule has 3 aliphatic rings. The van der Waals surface area contributed by atoms with E-state index in [0.29, 0.717) is 85.0 Å². The Morgan fingerprint density at radius 3 is 2.60 bits per heavy atom. The number of ether oxygens (including phenoxy) is 2. The molecular formula is C47H49N7O8. The van der Waals surface area contributed by atoms with Crippen LogP contribution in [0.15, 0.2) is 95.5 Å². The number of imide groups is 1. The number of rotatable bonds is 17. The first-order valence-corrected chi connectivity index (χ1v) is 20.8. The van der Waals surface area contributed by atoms with Gasteiger partial charge in [0.1, 0.15) is 6.04 Å². The van der Waals surface area contributed by atoms with Gasteiger partial charge in [0.2, 0.25) is 17.7 Å². The van der Waals surface area contributed by atoms with Crippen molar-refractivity contribution in [3.63, 3.8) is 0 Å².